The summed E-state index contributed by atoms with van der Waals surface area (Å²) in [7, 11) is 0. The van der Waals surface area contributed by atoms with Crippen molar-refractivity contribution in [2.45, 2.75) is 20.4 Å². The molecule has 4 rings (SSSR count). The van der Waals surface area contributed by atoms with E-state index in [1.165, 1.54) is 17.1 Å². The highest BCUT2D eigenvalue weighted by atomic mass is 16.2. The number of carbonyl (C=O) groups is 1. The van der Waals surface area contributed by atoms with Crippen LogP contribution in [0.5, 0.6) is 0 Å². The van der Waals surface area contributed by atoms with Crippen molar-refractivity contribution in [3.8, 4) is 5.69 Å². The van der Waals surface area contributed by atoms with Gasteiger partial charge in [0.1, 0.15) is 18.3 Å². The van der Waals surface area contributed by atoms with Crippen molar-refractivity contribution in [3.05, 3.63) is 82.5 Å². The van der Waals surface area contributed by atoms with Gasteiger partial charge in [0.2, 0.25) is 5.91 Å². The predicted octanol–water partition coefficient (Wildman–Crippen LogP) is 2.84. The summed E-state index contributed by atoms with van der Waals surface area (Å²) in [4.78, 5) is 29.4. The lowest BCUT2D eigenvalue weighted by Crippen LogP contribution is -2.27. The van der Waals surface area contributed by atoms with Gasteiger partial charge in [0.15, 0.2) is 5.65 Å². The first-order valence-corrected chi connectivity index (χ1v) is 8.88. The first kappa shape index (κ1) is 17.7. The number of benzene rings is 2. The first-order valence-electron chi connectivity index (χ1n) is 8.88. The third kappa shape index (κ3) is 3.42. The maximum absolute atomic E-state index is 12.8. The number of hydrogen-bond acceptors (Lipinski definition) is 4. The summed E-state index contributed by atoms with van der Waals surface area (Å²) >= 11 is 0. The highest BCUT2D eigenvalue weighted by molar-refractivity contribution is 5.90. The Hall–Kier alpha value is -3.74. The Labute approximate surface area is 161 Å². The smallest absolute Gasteiger partial charge is 0.264 e. The molecule has 2 aromatic heterocycles. The van der Waals surface area contributed by atoms with Crippen LogP contribution in [0.25, 0.3) is 16.7 Å². The summed E-state index contributed by atoms with van der Waals surface area (Å²) in [6.45, 7) is 3.90. The van der Waals surface area contributed by atoms with E-state index >= 15 is 0 Å². The number of rotatable bonds is 4. The van der Waals surface area contributed by atoms with E-state index in [9.17, 15) is 9.59 Å². The summed E-state index contributed by atoms with van der Waals surface area (Å²) in [5.41, 5.74) is 3.89. The molecule has 0 aliphatic carbocycles. The molecule has 0 aliphatic rings. The van der Waals surface area contributed by atoms with Crippen molar-refractivity contribution in [2.24, 2.45) is 0 Å². The minimum absolute atomic E-state index is 0.120. The van der Waals surface area contributed by atoms with Gasteiger partial charge >= 0.3 is 0 Å². The molecule has 4 aromatic rings. The lowest BCUT2D eigenvalue weighted by Gasteiger charge is -2.08. The van der Waals surface area contributed by atoms with Crippen LogP contribution < -0.4 is 10.9 Å². The molecular formula is C21H19N5O2. The molecule has 28 heavy (non-hydrogen) atoms. The van der Waals surface area contributed by atoms with E-state index in [0.717, 1.165) is 16.8 Å². The zero-order valence-corrected chi connectivity index (χ0v) is 15.6. The number of aromatic nitrogens is 4. The second-order valence-corrected chi connectivity index (χ2v) is 6.73. The van der Waals surface area contributed by atoms with Crippen LogP contribution in [0.3, 0.4) is 0 Å². The van der Waals surface area contributed by atoms with Crippen molar-refractivity contribution < 1.29 is 4.79 Å². The molecule has 0 unspecified atom stereocenters. The van der Waals surface area contributed by atoms with Crippen LogP contribution in [0.1, 0.15) is 11.1 Å². The number of nitrogens with zero attached hydrogens (tertiary/aromatic N) is 4. The van der Waals surface area contributed by atoms with Crippen LogP contribution in [0, 0.1) is 13.8 Å². The van der Waals surface area contributed by atoms with E-state index in [2.05, 4.69) is 21.5 Å². The molecule has 0 spiro atoms. The molecule has 1 N–H and O–H groups in total. The average Bonchev–Trinajstić information content (AvgIpc) is 3.09. The molecule has 0 saturated heterocycles. The van der Waals surface area contributed by atoms with Crippen LogP contribution in [-0.2, 0) is 11.3 Å². The lowest BCUT2D eigenvalue weighted by molar-refractivity contribution is -0.116. The van der Waals surface area contributed by atoms with Crippen molar-refractivity contribution in [1.82, 2.24) is 19.3 Å². The summed E-state index contributed by atoms with van der Waals surface area (Å²) in [5, 5.41) is 7.47. The molecule has 0 saturated carbocycles. The predicted molar refractivity (Wildman–Crippen MR) is 108 cm³/mol. The number of nitrogens with one attached hydrogen (secondary N) is 1. The third-order valence-electron chi connectivity index (χ3n) is 4.38. The van der Waals surface area contributed by atoms with E-state index < -0.39 is 0 Å². The number of hydrogen-bond donors (Lipinski definition) is 1. The topological polar surface area (TPSA) is 81.8 Å². The molecule has 2 aromatic carbocycles. The molecule has 0 bridgehead atoms. The summed E-state index contributed by atoms with van der Waals surface area (Å²) in [6, 6.07) is 15.1. The highest BCUT2D eigenvalue weighted by Gasteiger charge is 2.13. The molecular weight excluding hydrogens is 354 g/mol. The summed E-state index contributed by atoms with van der Waals surface area (Å²) < 4.78 is 2.93. The highest BCUT2D eigenvalue weighted by Crippen LogP contribution is 2.17. The third-order valence-corrected chi connectivity index (χ3v) is 4.38. The number of aryl methyl sites for hydroxylation is 2. The van der Waals surface area contributed by atoms with Gasteiger partial charge in [-0.1, -0.05) is 24.3 Å². The Morgan fingerprint density at radius 1 is 1.07 bits per heavy atom. The number of para-hydroxylation sites is 1. The van der Waals surface area contributed by atoms with Crippen molar-refractivity contribution >= 4 is 22.6 Å². The molecule has 0 atom stereocenters. The van der Waals surface area contributed by atoms with Gasteiger partial charge in [0.05, 0.1) is 11.9 Å². The van der Waals surface area contributed by atoms with Gasteiger partial charge in [-0.2, -0.15) is 5.10 Å². The van der Waals surface area contributed by atoms with E-state index in [1.54, 1.807) is 16.8 Å². The summed E-state index contributed by atoms with van der Waals surface area (Å²) in [5.74, 6) is -0.295. The van der Waals surface area contributed by atoms with Crippen molar-refractivity contribution in [2.75, 3.05) is 5.32 Å². The molecule has 0 fully saturated rings. The SMILES string of the molecule is Cc1cc(C)cc(-n2ncc3c(=O)n(CC(=O)Nc4ccccc4)cnc32)c1. The maximum Gasteiger partial charge on any atom is 0.264 e. The van der Waals surface area contributed by atoms with Gasteiger partial charge in [0, 0.05) is 5.69 Å². The molecule has 140 valence electrons. The number of carbonyl (C=O) groups excluding carboxylic acids is 1. The van der Waals surface area contributed by atoms with Crippen LogP contribution in [0.2, 0.25) is 0 Å². The lowest BCUT2D eigenvalue weighted by atomic mass is 10.1. The van der Waals surface area contributed by atoms with Gasteiger partial charge in [-0.3, -0.25) is 14.2 Å². The second-order valence-electron chi connectivity index (χ2n) is 6.73. The van der Waals surface area contributed by atoms with Crippen molar-refractivity contribution in [1.29, 1.82) is 0 Å². The molecule has 7 heteroatoms. The average molecular weight is 373 g/mol. The zero-order chi connectivity index (χ0) is 19.7. The monoisotopic (exact) mass is 373 g/mol. The standard InChI is InChI=1S/C21H19N5O2/c1-14-8-15(2)10-17(9-14)26-20-18(11-23-26)21(28)25(13-22-20)12-19(27)24-16-6-4-3-5-7-16/h3-11,13H,12H2,1-2H3,(H,24,27). The minimum Gasteiger partial charge on any atom is -0.325 e. The van der Waals surface area contributed by atoms with Gasteiger partial charge in [-0.25, -0.2) is 9.67 Å². The van der Waals surface area contributed by atoms with Gasteiger partial charge in [0.25, 0.3) is 5.56 Å². The fraction of sp³-hybridized carbons (Fsp3) is 0.143. The largest absolute Gasteiger partial charge is 0.325 e. The van der Waals surface area contributed by atoms with E-state index in [0.29, 0.717) is 16.7 Å². The van der Waals surface area contributed by atoms with Crippen LogP contribution in [-0.4, -0.2) is 25.2 Å². The molecule has 0 radical (unpaired) electrons. The Morgan fingerprint density at radius 2 is 1.79 bits per heavy atom. The zero-order valence-electron chi connectivity index (χ0n) is 15.6. The molecule has 7 nitrogen and oxygen atoms in total. The molecule has 2 heterocycles. The number of fused-ring (bicyclic) bond motifs is 1. The van der Waals surface area contributed by atoms with Gasteiger partial charge in [-0.05, 0) is 49.2 Å². The van der Waals surface area contributed by atoms with Crippen LogP contribution in [0.15, 0.2) is 65.8 Å². The number of amides is 1. The Kier molecular flexibility index (Phi) is 4.49. The Balaban J connectivity index is 1.65. The van der Waals surface area contributed by atoms with Crippen LogP contribution >= 0.6 is 0 Å². The molecule has 0 aliphatic heterocycles. The van der Waals surface area contributed by atoms with Crippen LogP contribution in [0.4, 0.5) is 5.69 Å². The number of anilines is 1. The Bertz CT molecular complexity index is 1200. The van der Waals surface area contributed by atoms with E-state index in [4.69, 9.17) is 0 Å². The first-order chi connectivity index (χ1) is 13.5. The maximum atomic E-state index is 12.8. The van der Waals surface area contributed by atoms with Crippen molar-refractivity contribution in [3.63, 3.8) is 0 Å². The fourth-order valence-corrected chi connectivity index (χ4v) is 3.20. The van der Waals surface area contributed by atoms with Gasteiger partial charge < -0.3 is 5.32 Å². The second kappa shape index (κ2) is 7.11. The summed E-state index contributed by atoms with van der Waals surface area (Å²) in [6.07, 6.45) is 2.88. The van der Waals surface area contributed by atoms with E-state index in [-0.39, 0.29) is 18.0 Å². The Morgan fingerprint density at radius 3 is 2.50 bits per heavy atom. The minimum atomic E-state index is -0.302. The van der Waals surface area contributed by atoms with E-state index in [1.807, 2.05) is 44.2 Å². The van der Waals surface area contributed by atoms with Gasteiger partial charge in [-0.15, -0.1) is 0 Å². The molecule has 1 amide bonds. The normalized spacial score (nSPS) is 10.9. The fourth-order valence-electron chi connectivity index (χ4n) is 3.20. The quantitative estimate of drug-likeness (QED) is 0.596.